The fourth-order valence-corrected chi connectivity index (χ4v) is 3.25. The van der Waals surface area contributed by atoms with E-state index < -0.39 is 9.84 Å². The van der Waals surface area contributed by atoms with Crippen molar-refractivity contribution in [1.29, 1.82) is 0 Å². The maximum atomic E-state index is 12.0. The first-order chi connectivity index (χ1) is 7.55. The molecule has 0 unspecified atom stereocenters. The molecule has 0 bridgehead atoms. The molecule has 0 saturated carbocycles. The Labute approximate surface area is 99.6 Å². The second-order valence-corrected chi connectivity index (χ2v) is 5.84. The van der Waals surface area contributed by atoms with Gasteiger partial charge in [-0.15, -0.1) is 0 Å². The molecule has 0 aliphatic carbocycles. The molecule has 2 rings (SSSR count). The lowest BCUT2D eigenvalue weighted by Gasteiger charge is -2.03. The fraction of sp³-hybridized carbons (Fsp3) is 0.273. The lowest BCUT2D eigenvalue weighted by Crippen LogP contribution is -2.06. The monoisotopic (exact) mass is 258 g/mol. The lowest BCUT2D eigenvalue weighted by atomic mass is 10.2. The van der Waals surface area contributed by atoms with Crippen LogP contribution in [0.4, 0.5) is 0 Å². The molecule has 86 valence electrons. The third-order valence-corrected chi connectivity index (χ3v) is 4.48. The molecule has 0 fully saturated rings. The van der Waals surface area contributed by atoms with Crippen LogP contribution >= 0.6 is 11.6 Å². The number of benzene rings is 1. The van der Waals surface area contributed by atoms with Crippen LogP contribution in [0.15, 0.2) is 28.0 Å². The van der Waals surface area contributed by atoms with Crippen molar-refractivity contribution >= 4 is 27.5 Å². The predicted molar refractivity (Wildman–Crippen MR) is 63.1 cm³/mol. The summed E-state index contributed by atoms with van der Waals surface area (Å²) in [6.45, 7) is 2.43. The molecular formula is C11H11ClO3S. The van der Waals surface area contributed by atoms with Crippen LogP contribution in [-0.4, -0.2) is 21.6 Å². The third kappa shape index (κ3) is 1.88. The van der Waals surface area contributed by atoms with E-state index in [2.05, 4.69) is 0 Å². The van der Waals surface area contributed by atoms with Crippen LogP contribution in [0.5, 0.6) is 0 Å². The Morgan fingerprint density at radius 1 is 1.38 bits per heavy atom. The largest absolute Gasteiger partial charge is 0.376 e. The van der Waals surface area contributed by atoms with E-state index in [4.69, 9.17) is 16.3 Å². The van der Waals surface area contributed by atoms with E-state index in [1.54, 1.807) is 18.2 Å². The van der Waals surface area contributed by atoms with E-state index in [0.717, 1.165) is 0 Å². The first kappa shape index (κ1) is 11.6. The molecule has 1 aliphatic heterocycles. The summed E-state index contributed by atoms with van der Waals surface area (Å²) in [4.78, 5) is 0.609. The molecule has 5 heteroatoms. The molecule has 0 N–H and O–H groups in total. The molecule has 1 aromatic carbocycles. The zero-order chi connectivity index (χ0) is 11.8. The quantitative estimate of drug-likeness (QED) is 0.837. The zero-order valence-electron chi connectivity index (χ0n) is 8.73. The topological polar surface area (TPSA) is 43.4 Å². The second kappa shape index (κ2) is 4.20. The van der Waals surface area contributed by atoms with Gasteiger partial charge in [0.2, 0.25) is 9.84 Å². The van der Waals surface area contributed by atoms with Crippen molar-refractivity contribution in [3.8, 4) is 0 Å². The first-order valence-corrected chi connectivity index (χ1v) is 6.75. The predicted octanol–water partition coefficient (Wildman–Crippen LogP) is 2.50. The Balaban J connectivity index is 2.44. The van der Waals surface area contributed by atoms with Gasteiger partial charge in [0.15, 0.2) is 0 Å². The van der Waals surface area contributed by atoms with Crippen LogP contribution in [0.3, 0.4) is 0 Å². The van der Waals surface area contributed by atoms with Crippen LogP contribution < -0.4 is 0 Å². The highest BCUT2D eigenvalue weighted by Crippen LogP contribution is 2.34. The Hall–Kier alpha value is -0.840. The summed E-state index contributed by atoms with van der Waals surface area (Å²) in [6, 6.07) is 4.76. The Morgan fingerprint density at radius 3 is 2.81 bits per heavy atom. The van der Waals surface area contributed by atoms with Gasteiger partial charge in [0.1, 0.15) is 0 Å². The van der Waals surface area contributed by atoms with Gasteiger partial charge in [-0.3, -0.25) is 0 Å². The Kier molecular flexibility index (Phi) is 3.06. The zero-order valence-corrected chi connectivity index (χ0v) is 10.3. The van der Waals surface area contributed by atoms with Crippen molar-refractivity contribution in [2.45, 2.75) is 11.8 Å². The lowest BCUT2D eigenvalue weighted by molar-refractivity contribution is 0.175. The van der Waals surface area contributed by atoms with Crippen LogP contribution in [0, 0.1) is 0 Å². The Bertz CT molecular complexity index is 546. The van der Waals surface area contributed by atoms with Crippen LogP contribution in [0.25, 0.3) is 6.08 Å². The smallest absolute Gasteiger partial charge is 0.205 e. The highest BCUT2D eigenvalue weighted by molar-refractivity contribution is 7.95. The summed E-state index contributed by atoms with van der Waals surface area (Å²) < 4.78 is 29.2. The van der Waals surface area contributed by atoms with E-state index in [1.165, 1.54) is 6.07 Å². The summed E-state index contributed by atoms with van der Waals surface area (Å²) >= 11 is 5.81. The van der Waals surface area contributed by atoms with Crippen LogP contribution in [0.1, 0.15) is 12.5 Å². The SMILES string of the molecule is CCOCC1=Cc2cc(Cl)ccc2S1(=O)=O. The molecule has 16 heavy (non-hydrogen) atoms. The molecule has 0 aromatic heterocycles. The fourth-order valence-electron chi connectivity index (χ4n) is 1.59. The van der Waals surface area contributed by atoms with Gasteiger partial charge in [-0.05, 0) is 36.8 Å². The van der Waals surface area contributed by atoms with Crippen molar-refractivity contribution in [3.63, 3.8) is 0 Å². The van der Waals surface area contributed by atoms with Gasteiger partial charge in [0, 0.05) is 11.6 Å². The minimum atomic E-state index is -3.36. The third-order valence-electron chi connectivity index (χ3n) is 2.37. The van der Waals surface area contributed by atoms with Gasteiger partial charge in [0.05, 0.1) is 16.4 Å². The molecule has 0 atom stereocenters. The highest BCUT2D eigenvalue weighted by atomic mass is 35.5. The van der Waals surface area contributed by atoms with E-state index >= 15 is 0 Å². The number of fused-ring (bicyclic) bond motifs is 1. The van der Waals surface area contributed by atoms with Crippen molar-refractivity contribution in [3.05, 3.63) is 33.7 Å². The van der Waals surface area contributed by atoms with E-state index in [-0.39, 0.29) is 6.61 Å². The molecular weight excluding hydrogens is 248 g/mol. The molecule has 1 aliphatic rings. The van der Waals surface area contributed by atoms with Crippen molar-refractivity contribution in [2.75, 3.05) is 13.2 Å². The molecule has 1 aromatic rings. The normalized spacial score (nSPS) is 17.0. The molecule has 0 saturated heterocycles. The molecule has 0 radical (unpaired) electrons. The molecule has 1 heterocycles. The average molecular weight is 259 g/mol. The van der Waals surface area contributed by atoms with Crippen LogP contribution in [-0.2, 0) is 14.6 Å². The number of ether oxygens (including phenoxy) is 1. The maximum absolute atomic E-state index is 12.0. The molecule has 0 spiro atoms. The van der Waals surface area contributed by atoms with Gasteiger partial charge in [-0.25, -0.2) is 8.42 Å². The summed E-state index contributed by atoms with van der Waals surface area (Å²) in [5.74, 6) is 0. The number of halogens is 1. The van der Waals surface area contributed by atoms with Crippen molar-refractivity contribution in [1.82, 2.24) is 0 Å². The van der Waals surface area contributed by atoms with E-state index in [0.29, 0.717) is 27.0 Å². The van der Waals surface area contributed by atoms with Crippen molar-refractivity contribution < 1.29 is 13.2 Å². The van der Waals surface area contributed by atoms with Crippen molar-refractivity contribution in [2.24, 2.45) is 0 Å². The highest BCUT2D eigenvalue weighted by Gasteiger charge is 2.29. The Morgan fingerprint density at radius 2 is 2.12 bits per heavy atom. The number of hydrogen-bond donors (Lipinski definition) is 0. The minimum Gasteiger partial charge on any atom is -0.376 e. The second-order valence-electron chi connectivity index (χ2n) is 3.43. The molecule has 3 nitrogen and oxygen atoms in total. The number of sulfone groups is 1. The minimum absolute atomic E-state index is 0.116. The van der Waals surface area contributed by atoms with Crippen LogP contribution in [0.2, 0.25) is 5.02 Å². The van der Waals surface area contributed by atoms with E-state index in [1.807, 2.05) is 6.92 Å². The molecule has 0 amide bonds. The summed E-state index contributed by atoms with van der Waals surface area (Å²) in [7, 11) is -3.36. The van der Waals surface area contributed by atoms with Gasteiger partial charge >= 0.3 is 0 Å². The maximum Gasteiger partial charge on any atom is 0.205 e. The summed E-state index contributed by atoms with van der Waals surface area (Å²) in [5.41, 5.74) is 0.641. The number of hydrogen-bond acceptors (Lipinski definition) is 3. The first-order valence-electron chi connectivity index (χ1n) is 4.88. The van der Waals surface area contributed by atoms with E-state index in [9.17, 15) is 8.42 Å². The summed E-state index contributed by atoms with van der Waals surface area (Å²) in [6.07, 6.45) is 1.62. The van der Waals surface area contributed by atoms with Gasteiger partial charge < -0.3 is 4.74 Å². The standard InChI is InChI=1S/C11H11ClO3S/c1-2-15-7-10-6-8-5-9(12)3-4-11(8)16(10,13)14/h3-6H,2,7H2,1H3. The van der Waals surface area contributed by atoms with Gasteiger partial charge in [-0.2, -0.15) is 0 Å². The van der Waals surface area contributed by atoms with Gasteiger partial charge in [-0.1, -0.05) is 11.6 Å². The number of rotatable bonds is 3. The van der Waals surface area contributed by atoms with Gasteiger partial charge in [0.25, 0.3) is 0 Å². The average Bonchev–Trinajstić information content (AvgIpc) is 2.47. The summed E-state index contributed by atoms with van der Waals surface area (Å²) in [5, 5.41) is 0.530.